The van der Waals surface area contributed by atoms with Crippen LogP contribution in [0.15, 0.2) is 54.1 Å². The van der Waals surface area contributed by atoms with Gasteiger partial charge in [-0.1, -0.05) is 55.0 Å². The van der Waals surface area contributed by atoms with Crippen molar-refractivity contribution < 1.29 is 4.58 Å². The van der Waals surface area contributed by atoms with Gasteiger partial charge in [0.05, 0.1) is 6.04 Å². The van der Waals surface area contributed by atoms with Gasteiger partial charge < -0.3 is 10.6 Å². The molecular formula is C22H36N3+. The van der Waals surface area contributed by atoms with E-state index in [2.05, 4.69) is 90.9 Å². The van der Waals surface area contributed by atoms with Crippen molar-refractivity contribution in [3.05, 3.63) is 59.7 Å². The second-order valence-electron chi connectivity index (χ2n) is 6.41. The van der Waals surface area contributed by atoms with Crippen LogP contribution in [0.1, 0.15) is 44.7 Å². The molecule has 0 radical (unpaired) electrons. The zero-order valence-corrected chi connectivity index (χ0v) is 16.6. The molecule has 25 heavy (non-hydrogen) atoms. The second-order valence-corrected chi connectivity index (χ2v) is 6.41. The van der Waals surface area contributed by atoms with Gasteiger partial charge in [-0.25, -0.2) is 4.58 Å². The first-order chi connectivity index (χ1) is 12.2. The maximum atomic E-state index is 3.45. The number of hydrogen-bond donors (Lipinski definition) is 2. The Morgan fingerprint density at radius 1 is 1.12 bits per heavy atom. The third-order valence-electron chi connectivity index (χ3n) is 4.51. The van der Waals surface area contributed by atoms with Gasteiger partial charge in [-0.05, 0) is 47.3 Å². The highest BCUT2D eigenvalue weighted by Crippen LogP contribution is 2.25. The fourth-order valence-electron chi connectivity index (χ4n) is 3.17. The fraction of sp³-hybridized carbons (Fsp3) is 0.500. The van der Waals surface area contributed by atoms with Gasteiger partial charge in [-0.15, -0.1) is 0 Å². The Hall–Kier alpha value is -1.71. The highest BCUT2D eigenvalue weighted by atomic mass is 15.0. The monoisotopic (exact) mass is 342 g/mol. The largest absolute Gasteiger partial charge is 0.320 e. The zero-order valence-electron chi connectivity index (χ0n) is 16.6. The summed E-state index contributed by atoms with van der Waals surface area (Å²) in [5.74, 6) is 0. The van der Waals surface area contributed by atoms with Gasteiger partial charge in [-0.3, -0.25) is 0 Å². The van der Waals surface area contributed by atoms with Crippen LogP contribution in [0.3, 0.4) is 0 Å². The highest BCUT2D eigenvalue weighted by Gasteiger charge is 2.23. The number of hydrogen-bond acceptors (Lipinski definition) is 2. The van der Waals surface area contributed by atoms with E-state index in [9.17, 15) is 0 Å². The van der Waals surface area contributed by atoms with Crippen molar-refractivity contribution in [2.75, 3.05) is 27.7 Å². The minimum Gasteiger partial charge on any atom is -0.320 e. The standard InChI is InChI=1S/C22H36N3/c1-6-13-19(7-2)22(20-14-9-8-10-15-20)25(5)18-21(24-4)16-11-12-17-23-3/h6-10,13-15,18,21-24H,11-12,16-17H2,1-5H3/q+1/b13-6-,19-7+,25-18?. The van der Waals surface area contributed by atoms with Gasteiger partial charge >= 0.3 is 0 Å². The molecule has 3 heteroatoms. The molecule has 3 nitrogen and oxygen atoms in total. The van der Waals surface area contributed by atoms with E-state index in [-0.39, 0.29) is 6.04 Å². The van der Waals surface area contributed by atoms with Gasteiger partial charge in [0.15, 0.2) is 6.21 Å². The third kappa shape index (κ3) is 7.37. The number of nitrogens with zero attached hydrogens (tertiary/aromatic N) is 1. The van der Waals surface area contributed by atoms with Gasteiger partial charge in [-0.2, -0.15) is 0 Å². The molecule has 2 unspecified atom stereocenters. The summed E-state index contributed by atoms with van der Waals surface area (Å²) >= 11 is 0. The summed E-state index contributed by atoms with van der Waals surface area (Å²) in [4.78, 5) is 0. The lowest BCUT2D eigenvalue weighted by Crippen LogP contribution is -2.32. The molecule has 1 aromatic rings. The van der Waals surface area contributed by atoms with E-state index in [1.165, 1.54) is 24.0 Å². The SMILES string of the molecule is C/C=C\C(=C/C)C(c1ccccc1)[N+](C)=CC(CCCCNC)NC. The molecule has 0 saturated heterocycles. The summed E-state index contributed by atoms with van der Waals surface area (Å²) in [5, 5.41) is 6.67. The minimum absolute atomic E-state index is 0.232. The smallest absolute Gasteiger partial charge is 0.202 e. The quantitative estimate of drug-likeness (QED) is 0.276. The molecule has 138 valence electrons. The van der Waals surface area contributed by atoms with Crippen LogP contribution >= 0.6 is 0 Å². The molecule has 0 spiro atoms. The molecule has 0 aliphatic heterocycles. The molecule has 0 heterocycles. The molecule has 0 fully saturated rings. The number of nitrogens with one attached hydrogen (secondary N) is 2. The van der Waals surface area contributed by atoms with Gasteiger partial charge in [0.1, 0.15) is 7.05 Å². The topological polar surface area (TPSA) is 27.1 Å². The fourth-order valence-corrected chi connectivity index (χ4v) is 3.17. The van der Waals surface area contributed by atoms with E-state index < -0.39 is 0 Å². The molecule has 0 aromatic heterocycles. The van der Waals surface area contributed by atoms with Crippen LogP contribution in [0.5, 0.6) is 0 Å². The Kier molecular flexibility index (Phi) is 10.8. The van der Waals surface area contributed by atoms with Crippen LogP contribution in [0, 0.1) is 0 Å². The van der Waals surface area contributed by atoms with Gasteiger partial charge in [0.2, 0.25) is 6.04 Å². The maximum Gasteiger partial charge on any atom is 0.202 e. The van der Waals surface area contributed by atoms with Crippen molar-refractivity contribution in [3.8, 4) is 0 Å². The number of likely N-dealkylation sites (N-methyl/N-ethyl adjacent to an activating group) is 1. The predicted molar refractivity (Wildman–Crippen MR) is 111 cm³/mol. The molecule has 1 rings (SSSR count). The van der Waals surface area contributed by atoms with Crippen molar-refractivity contribution in [2.24, 2.45) is 0 Å². The summed E-state index contributed by atoms with van der Waals surface area (Å²) in [6.07, 6.45) is 12.5. The average Bonchev–Trinajstić information content (AvgIpc) is 2.64. The van der Waals surface area contributed by atoms with E-state index in [1.54, 1.807) is 0 Å². The summed E-state index contributed by atoms with van der Waals surface area (Å²) in [6, 6.07) is 11.4. The Morgan fingerprint density at radius 3 is 2.40 bits per heavy atom. The van der Waals surface area contributed by atoms with E-state index in [0.717, 1.165) is 13.0 Å². The van der Waals surface area contributed by atoms with Crippen LogP contribution in [0.25, 0.3) is 0 Å². The number of allylic oxidation sites excluding steroid dienone is 2. The van der Waals surface area contributed by atoms with Crippen molar-refractivity contribution >= 4 is 6.21 Å². The average molecular weight is 343 g/mol. The Bertz CT molecular complexity index is 558. The van der Waals surface area contributed by atoms with Crippen LogP contribution in [-0.4, -0.2) is 44.5 Å². The number of benzene rings is 1. The molecule has 0 amide bonds. The van der Waals surface area contributed by atoms with Crippen molar-refractivity contribution in [1.82, 2.24) is 10.6 Å². The van der Waals surface area contributed by atoms with Crippen LogP contribution in [0.4, 0.5) is 0 Å². The summed E-state index contributed by atoms with van der Waals surface area (Å²) < 4.78 is 2.35. The van der Waals surface area contributed by atoms with E-state index >= 15 is 0 Å². The normalized spacial score (nSPS) is 15.6. The lowest BCUT2D eigenvalue weighted by Gasteiger charge is -2.18. The second kappa shape index (κ2) is 12.6. The Balaban J connectivity index is 3.03. The molecule has 0 aliphatic carbocycles. The number of unbranched alkanes of at least 4 members (excludes halogenated alkanes) is 1. The lowest BCUT2D eigenvalue weighted by atomic mass is 9.97. The Labute approximate surface area is 154 Å². The van der Waals surface area contributed by atoms with E-state index in [1.807, 2.05) is 14.1 Å². The summed E-state index contributed by atoms with van der Waals surface area (Å²) in [5.41, 5.74) is 2.63. The first kappa shape index (κ1) is 21.3. The van der Waals surface area contributed by atoms with Crippen LogP contribution in [-0.2, 0) is 0 Å². The maximum absolute atomic E-state index is 3.45. The van der Waals surface area contributed by atoms with E-state index in [4.69, 9.17) is 0 Å². The number of rotatable bonds is 11. The molecule has 2 atom stereocenters. The summed E-state index contributed by atoms with van der Waals surface area (Å²) in [7, 11) is 6.25. The van der Waals surface area contributed by atoms with E-state index in [0.29, 0.717) is 6.04 Å². The van der Waals surface area contributed by atoms with Crippen LogP contribution in [0.2, 0.25) is 0 Å². The van der Waals surface area contributed by atoms with Crippen LogP contribution < -0.4 is 10.6 Å². The molecule has 1 aromatic carbocycles. The van der Waals surface area contributed by atoms with Crippen molar-refractivity contribution in [3.63, 3.8) is 0 Å². The third-order valence-corrected chi connectivity index (χ3v) is 4.51. The lowest BCUT2D eigenvalue weighted by molar-refractivity contribution is -0.530. The molecule has 0 saturated carbocycles. The Morgan fingerprint density at radius 2 is 1.84 bits per heavy atom. The zero-order chi connectivity index (χ0) is 18.5. The molecular weight excluding hydrogens is 306 g/mol. The first-order valence-electron chi connectivity index (χ1n) is 9.40. The molecule has 0 aliphatic rings. The first-order valence-corrected chi connectivity index (χ1v) is 9.40. The summed E-state index contributed by atoms with van der Waals surface area (Å²) in [6.45, 7) is 5.28. The molecule has 2 N–H and O–H groups in total. The van der Waals surface area contributed by atoms with Gasteiger partial charge in [0.25, 0.3) is 0 Å². The van der Waals surface area contributed by atoms with Crippen molar-refractivity contribution in [1.29, 1.82) is 0 Å². The highest BCUT2D eigenvalue weighted by molar-refractivity contribution is 5.59. The minimum atomic E-state index is 0.232. The predicted octanol–water partition coefficient (Wildman–Crippen LogP) is 3.94. The molecule has 0 bridgehead atoms. The van der Waals surface area contributed by atoms with Crippen molar-refractivity contribution in [2.45, 2.75) is 45.2 Å². The van der Waals surface area contributed by atoms with Gasteiger partial charge in [0, 0.05) is 11.1 Å².